The topological polar surface area (TPSA) is 214 Å². The van der Waals surface area contributed by atoms with Gasteiger partial charge in [0, 0.05) is 13.0 Å². The highest BCUT2D eigenvalue weighted by Gasteiger charge is 2.47. The van der Waals surface area contributed by atoms with Crippen LogP contribution in [0.1, 0.15) is 245 Å². The molecule has 0 aromatic carbocycles. The first-order chi connectivity index (χ1) is 34.6. The smallest absolute Gasteiger partial charge is 0.306 e. The lowest BCUT2D eigenvalue weighted by atomic mass is 9.98. The zero-order valence-electron chi connectivity index (χ0n) is 45.0. The number of hydrogen-bond donors (Lipinski definition) is 7. The Morgan fingerprint density at radius 1 is 0.451 bits per heavy atom. The number of rotatable bonds is 48. The molecule has 11 unspecified atom stereocenters. The molecule has 7 N–H and O–H groups in total. The molecule has 0 bridgehead atoms. The highest BCUT2D eigenvalue weighted by atomic mass is 16.7. The minimum atomic E-state index is -1.70. The average molecular weight is 1020 g/mol. The highest BCUT2D eigenvalue weighted by Crippen LogP contribution is 2.27. The second-order valence-electron chi connectivity index (χ2n) is 20.8. The molecule has 14 nitrogen and oxygen atoms in total. The van der Waals surface area contributed by atoms with Gasteiger partial charge >= 0.3 is 5.97 Å². The Kier molecular flexibility index (Phi) is 41.7. The number of carbonyl (C=O) groups excluding carboxylic acids is 1. The van der Waals surface area contributed by atoms with Crippen molar-refractivity contribution in [2.45, 2.75) is 313 Å². The van der Waals surface area contributed by atoms with Gasteiger partial charge in [-0.2, -0.15) is 0 Å². The summed E-state index contributed by atoms with van der Waals surface area (Å²) in [7, 11) is 0. The average Bonchev–Trinajstić information content (AvgIpc) is 3.37. The van der Waals surface area contributed by atoms with Crippen molar-refractivity contribution in [2.75, 3.05) is 33.0 Å². The molecule has 0 amide bonds. The van der Waals surface area contributed by atoms with E-state index in [1.54, 1.807) is 0 Å². The third-order valence-corrected chi connectivity index (χ3v) is 14.3. The van der Waals surface area contributed by atoms with E-state index in [0.29, 0.717) is 13.0 Å². The molecule has 0 spiro atoms. The van der Waals surface area contributed by atoms with Crippen LogP contribution < -0.4 is 0 Å². The second kappa shape index (κ2) is 45.0. The molecule has 2 aliphatic rings. The summed E-state index contributed by atoms with van der Waals surface area (Å²) in [6, 6.07) is 0. The van der Waals surface area contributed by atoms with Crippen molar-refractivity contribution in [3.05, 3.63) is 12.2 Å². The summed E-state index contributed by atoms with van der Waals surface area (Å²) >= 11 is 0. The molecule has 2 rings (SSSR count). The van der Waals surface area contributed by atoms with Crippen molar-refractivity contribution >= 4 is 5.97 Å². The minimum absolute atomic E-state index is 0.0673. The Morgan fingerprint density at radius 2 is 0.831 bits per heavy atom. The van der Waals surface area contributed by atoms with Gasteiger partial charge in [0.05, 0.1) is 26.4 Å². The van der Waals surface area contributed by atoms with Gasteiger partial charge in [-0.25, -0.2) is 0 Å². The fourth-order valence-electron chi connectivity index (χ4n) is 9.52. The van der Waals surface area contributed by atoms with Gasteiger partial charge in [-0.1, -0.05) is 212 Å². The quantitative estimate of drug-likeness (QED) is 0.0172. The van der Waals surface area contributed by atoms with Crippen LogP contribution in [0.4, 0.5) is 0 Å². The van der Waals surface area contributed by atoms with Crippen molar-refractivity contribution < 1.29 is 69.0 Å². The second-order valence-corrected chi connectivity index (χ2v) is 20.8. The highest BCUT2D eigenvalue weighted by molar-refractivity contribution is 5.69. The third-order valence-electron chi connectivity index (χ3n) is 14.3. The SMILES string of the molecule is CCCCCCCC/C=C\CCCCCCCCCCCC(=O)OC(COCCCCCCCCCCCCCCCCCCCC)COC1OC(COC2OC(CO)C(O)C(O)C2O)C(O)C(O)C1O. The summed E-state index contributed by atoms with van der Waals surface area (Å²) in [5.41, 5.74) is 0. The number of esters is 1. The number of hydrogen-bond acceptors (Lipinski definition) is 14. The number of ether oxygens (including phenoxy) is 6. The van der Waals surface area contributed by atoms with Crippen LogP contribution in [0.15, 0.2) is 12.2 Å². The fourth-order valence-corrected chi connectivity index (χ4v) is 9.52. The van der Waals surface area contributed by atoms with E-state index in [-0.39, 0.29) is 25.6 Å². The molecule has 0 aromatic heterocycles. The number of allylic oxidation sites excluding steroid dienone is 2. The van der Waals surface area contributed by atoms with Crippen molar-refractivity contribution in [1.29, 1.82) is 0 Å². The van der Waals surface area contributed by atoms with Gasteiger partial charge < -0.3 is 64.2 Å². The predicted octanol–water partition coefficient (Wildman–Crippen LogP) is 10.2. The van der Waals surface area contributed by atoms with E-state index in [9.17, 15) is 40.5 Å². The van der Waals surface area contributed by atoms with Gasteiger partial charge in [-0.05, 0) is 38.5 Å². The van der Waals surface area contributed by atoms with E-state index in [2.05, 4.69) is 26.0 Å². The van der Waals surface area contributed by atoms with E-state index in [1.807, 2.05) is 0 Å². The van der Waals surface area contributed by atoms with Gasteiger partial charge in [0.25, 0.3) is 0 Å². The number of aliphatic hydroxyl groups is 7. The molecule has 2 heterocycles. The Morgan fingerprint density at radius 3 is 1.28 bits per heavy atom. The summed E-state index contributed by atoms with van der Waals surface area (Å²) in [4.78, 5) is 13.1. The lowest BCUT2D eigenvalue weighted by Gasteiger charge is -2.42. The molecular weight excluding hydrogens is 909 g/mol. The van der Waals surface area contributed by atoms with Crippen molar-refractivity contribution in [1.82, 2.24) is 0 Å². The molecule has 2 saturated heterocycles. The van der Waals surface area contributed by atoms with Gasteiger partial charge in [0.15, 0.2) is 12.6 Å². The first-order valence-corrected chi connectivity index (χ1v) is 29.3. The predicted molar refractivity (Wildman–Crippen MR) is 280 cm³/mol. The lowest BCUT2D eigenvalue weighted by molar-refractivity contribution is -0.332. The fraction of sp³-hybridized carbons (Fsp3) is 0.947. The molecule has 0 aromatic rings. The van der Waals surface area contributed by atoms with Crippen LogP contribution in [-0.2, 0) is 33.2 Å². The molecule has 420 valence electrons. The van der Waals surface area contributed by atoms with Crippen molar-refractivity contribution in [3.63, 3.8) is 0 Å². The van der Waals surface area contributed by atoms with Crippen LogP contribution in [0.3, 0.4) is 0 Å². The maximum absolute atomic E-state index is 13.1. The van der Waals surface area contributed by atoms with Crippen LogP contribution in [-0.4, -0.2) is 142 Å². The van der Waals surface area contributed by atoms with Crippen LogP contribution in [0.5, 0.6) is 0 Å². The summed E-state index contributed by atoms with van der Waals surface area (Å²) in [5, 5.41) is 72.3. The first kappa shape index (κ1) is 65.8. The van der Waals surface area contributed by atoms with E-state index < -0.39 is 80.7 Å². The summed E-state index contributed by atoms with van der Waals surface area (Å²) in [5.74, 6) is -0.372. The van der Waals surface area contributed by atoms with Crippen molar-refractivity contribution in [2.24, 2.45) is 0 Å². The van der Waals surface area contributed by atoms with Crippen LogP contribution >= 0.6 is 0 Å². The van der Waals surface area contributed by atoms with E-state index >= 15 is 0 Å². The molecule has 11 atom stereocenters. The van der Waals surface area contributed by atoms with E-state index in [0.717, 1.165) is 38.5 Å². The summed E-state index contributed by atoms with van der Waals surface area (Å²) in [6.45, 7) is 3.74. The Bertz CT molecular complexity index is 1230. The number of aliphatic hydroxyl groups excluding tert-OH is 7. The Balaban J connectivity index is 1.71. The summed E-state index contributed by atoms with van der Waals surface area (Å²) < 4.78 is 34.4. The molecular formula is C57H108O14. The maximum atomic E-state index is 13.1. The molecule has 2 fully saturated rings. The van der Waals surface area contributed by atoms with Crippen molar-refractivity contribution in [3.8, 4) is 0 Å². The zero-order chi connectivity index (χ0) is 51.6. The standard InChI is InChI=1S/C57H108O14/c1-3-5-7-9-11-13-15-17-19-21-23-24-26-28-30-32-34-36-38-40-49(59)69-46(43-66-41-39-37-35-33-31-29-27-25-22-20-18-16-14-12-10-8-6-4-2)44-67-56-55(65)53(63)51(61)48(71-56)45-68-57-54(64)52(62)50(60)47(42-58)70-57/h17,19,46-48,50-58,60-65H,3-16,18,20-45H2,1-2H3/b19-17-. The van der Waals surface area contributed by atoms with Gasteiger partial charge in [-0.3, -0.25) is 4.79 Å². The normalized spacial score (nSPS) is 25.3. The largest absolute Gasteiger partial charge is 0.457 e. The molecule has 14 heteroatoms. The maximum Gasteiger partial charge on any atom is 0.306 e. The van der Waals surface area contributed by atoms with Crippen LogP contribution in [0.2, 0.25) is 0 Å². The molecule has 0 saturated carbocycles. The van der Waals surface area contributed by atoms with Crippen LogP contribution in [0.25, 0.3) is 0 Å². The van der Waals surface area contributed by atoms with Gasteiger partial charge in [-0.15, -0.1) is 0 Å². The minimum Gasteiger partial charge on any atom is -0.457 e. The van der Waals surface area contributed by atoms with Crippen LogP contribution in [0, 0.1) is 0 Å². The molecule has 0 radical (unpaired) electrons. The molecule has 71 heavy (non-hydrogen) atoms. The zero-order valence-corrected chi connectivity index (χ0v) is 45.0. The van der Waals surface area contributed by atoms with Gasteiger partial charge in [0.2, 0.25) is 0 Å². The Hall–Kier alpha value is -1.27. The number of unbranched alkanes of at least 4 members (excludes halogenated alkanes) is 32. The summed E-state index contributed by atoms with van der Waals surface area (Å²) in [6.07, 6.45) is 32.7. The first-order valence-electron chi connectivity index (χ1n) is 29.3. The third kappa shape index (κ3) is 32.0. The number of carbonyl (C=O) groups is 1. The monoisotopic (exact) mass is 1020 g/mol. The van der Waals surface area contributed by atoms with E-state index in [1.165, 1.54) is 180 Å². The van der Waals surface area contributed by atoms with E-state index in [4.69, 9.17) is 28.4 Å². The van der Waals surface area contributed by atoms with Gasteiger partial charge in [0.1, 0.15) is 54.9 Å². The lowest BCUT2D eigenvalue weighted by Crippen LogP contribution is -2.61. The molecule has 2 aliphatic heterocycles. The molecule has 0 aliphatic carbocycles. The Labute approximate surface area is 431 Å².